The van der Waals surface area contributed by atoms with Gasteiger partial charge in [-0.25, -0.2) is 0 Å². The van der Waals surface area contributed by atoms with E-state index < -0.39 is 0 Å². The standard InChI is InChI=1S/C13H26N2O2/c1-13(2)6-8-15(9-7-13)12(16)11(14)5-4-10-17-3/h11H,4-10,14H2,1-3H3. The predicted octanol–water partition coefficient (Wildman–Crippen LogP) is 1.39. The van der Waals surface area contributed by atoms with Gasteiger partial charge >= 0.3 is 0 Å². The van der Waals surface area contributed by atoms with E-state index in [2.05, 4.69) is 13.8 Å². The van der Waals surface area contributed by atoms with E-state index in [-0.39, 0.29) is 11.9 Å². The number of amides is 1. The Labute approximate surface area is 104 Å². The molecule has 0 saturated carbocycles. The van der Waals surface area contributed by atoms with Crippen LogP contribution in [0.4, 0.5) is 0 Å². The first-order valence-electron chi connectivity index (χ1n) is 6.49. The number of likely N-dealkylation sites (tertiary alicyclic amines) is 1. The third kappa shape index (κ3) is 4.64. The normalized spacial score (nSPS) is 21.3. The van der Waals surface area contributed by atoms with E-state index in [1.165, 1.54) is 0 Å². The summed E-state index contributed by atoms with van der Waals surface area (Å²) in [6, 6.07) is -0.355. The highest BCUT2D eigenvalue weighted by atomic mass is 16.5. The van der Waals surface area contributed by atoms with Gasteiger partial charge < -0.3 is 15.4 Å². The molecule has 0 radical (unpaired) electrons. The molecular formula is C13H26N2O2. The minimum atomic E-state index is -0.355. The molecule has 1 aliphatic rings. The van der Waals surface area contributed by atoms with Crippen molar-refractivity contribution in [1.82, 2.24) is 4.90 Å². The third-order valence-electron chi connectivity index (χ3n) is 3.61. The molecule has 4 nitrogen and oxygen atoms in total. The summed E-state index contributed by atoms with van der Waals surface area (Å²) >= 11 is 0. The summed E-state index contributed by atoms with van der Waals surface area (Å²) in [5.41, 5.74) is 6.28. The van der Waals surface area contributed by atoms with Gasteiger partial charge in [0.05, 0.1) is 6.04 Å². The van der Waals surface area contributed by atoms with Gasteiger partial charge in [-0.3, -0.25) is 4.79 Å². The van der Waals surface area contributed by atoms with Crippen LogP contribution in [-0.2, 0) is 9.53 Å². The SMILES string of the molecule is COCCCC(N)C(=O)N1CCC(C)(C)CC1. The molecule has 1 heterocycles. The smallest absolute Gasteiger partial charge is 0.239 e. The summed E-state index contributed by atoms with van der Waals surface area (Å²) in [5, 5.41) is 0. The van der Waals surface area contributed by atoms with Gasteiger partial charge in [0.15, 0.2) is 0 Å². The Morgan fingerprint density at radius 1 is 1.41 bits per heavy atom. The van der Waals surface area contributed by atoms with Crippen LogP contribution in [0.1, 0.15) is 39.5 Å². The largest absolute Gasteiger partial charge is 0.385 e. The second kappa shape index (κ2) is 6.36. The monoisotopic (exact) mass is 242 g/mol. The Morgan fingerprint density at radius 2 is 2.00 bits per heavy atom. The van der Waals surface area contributed by atoms with Crippen LogP contribution in [0.3, 0.4) is 0 Å². The van der Waals surface area contributed by atoms with E-state index in [0.717, 1.165) is 32.4 Å². The molecule has 4 heteroatoms. The summed E-state index contributed by atoms with van der Waals surface area (Å²) < 4.78 is 4.96. The Hall–Kier alpha value is -0.610. The molecule has 0 aromatic carbocycles. The van der Waals surface area contributed by atoms with Crippen molar-refractivity contribution in [2.75, 3.05) is 26.8 Å². The zero-order valence-corrected chi connectivity index (χ0v) is 11.4. The van der Waals surface area contributed by atoms with Crippen molar-refractivity contribution < 1.29 is 9.53 Å². The molecule has 100 valence electrons. The number of ether oxygens (including phenoxy) is 1. The highest BCUT2D eigenvalue weighted by Gasteiger charge is 2.29. The molecular weight excluding hydrogens is 216 g/mol. The molecule has 17 heavy (non-hydrogen) atoms. The van der Waals surface area contributed by atoms with Crippen molar-refractivity contribution in [3.05, 3.63) is 0 Å². The fourth-order valence-electron chi connectivity index (χ4n) is 2.14. The van der Waals surface area contributed by atoms with Gasteiger partial charge in [0.25, 0.3) is 0 Å². The summed E-state index contributed by atoms with van der Waals surface area (Å²) in [5.74, 6) is 0.108. The van der Waals surface area contributed by atoms with E-state index >= 15 is 0 Å². The number of carbonyl (C=O) groups is 1. The molecule has 0 aromatic rings. The van der Waals surface area contributed by atoms with E-state index in [4.69, 9.17) is 10.5 Å². The molecule has 0 bridgehead atoms. The number of piperidine rings is 1. The predicted molar refractivity (Wildman–Crippen MR) is 68.7 cm³/mol. The van der Waals surface area contributed by atoms with E-state index in [0.29, 0.717) is 18.4 Å². The van der Waals surface area contributed by atoms with Gasteiger partial charge in [-0.2, -0.15) is 0 Å². The Morgan fingerprint density at radius 3 is 2.53 bits per heavy atom. The van der Waals surface area contributed by atoms with Crippen molar-refractivity contribution in [3.8, 4) is 0 Å². The number of rotatable bonds is 5. The maximum atomic E-state index is 12.1. The Balaban J connectivity index is 2.32. The number of hydrogen-bond donors (Lipinski definition) is 1. The van der Waals surface area contributed by atoms with Gasteiger partial charge in [-0.15, -0.1) is 0 Å². The molecule has 1 aliphatic heterocycles. The quantitative estimate of drug-likeness (QED) is 0.741. The maximum Gasteiger partial charge on any atom is 0.239 e. The van der Waals surface area contributed by atoms with Crippen LogP contribution in [0, 0.1) is 5.41 Å². The van der Waals surface area contributed by atoms with Crippen molar-refractivity contribution in [3.63, 3.8) is 0 Å². The molecule has 0 aromatic heterocycles. The van der Waals surface area contributed by atoms with Crippen LogP contribution >= 0.6 is 0 Å². The zero-order valence-electron chi connectivity index (χ0n) is 11.4. The first kappa shape index (κ1) is 14.5. The van der Waals surface area contributed by atoms with Crippen molar-refractivity contribution in [2.45, 2.75) is 45.6 Å². The molecule has 2 N–H and O–H groups in total. The van der Waals surface area contributed by atoms with Crippen LogP contribution in [0.2, 0.25) is 0 Å². The van der Waals surface area contributed by atoms with Crippen LogP contribution in [-0.4, -0.2) is 43.7 Å². The number of hydrogen-bond acceptors (Lipinski definition) is 3. The lowest BCUT2D eigenvalue weighted by molar-refractivity contribution is -0.134. The van der Waals surface area contributed by atoms with Crippen LogP contribution in [0.25, 0.3) is 0 Å². The van der Waals surface area contributed by atoms with Crippen LogP contribution < -0.4 is 5.73 Å². The van der Waals surface area contributed by atoms with Crippen LogP contribution in [0.5, 0.6) is 0 Å². The lowest BCUT2D eigenvalue weighted by Gasteiger charge is -2.37. The molecule has 1 unspecified atom stereocenters. The Kier molecular flexibility index (Phi) is 5.40. The fourth-order valence-corrected chi connectivity index (χ4v) is 2.14. The van der Waals surface area contributed by atoms with E-state index in [9.17, 15) is 4.79 Å². The average molecular weight is 242 g/mol. The van der Waals surface area contributed by atoms with Gasteiger partial charge in [0.2, 0.25) is 5.91 Å². The van der Waals surface area contributed by atoms with Gasteiger partial charge in [0, 0.05) is 26.8 Å². The summed E-state index contributed by atoms with van der Waals surface area (Å²) in [7, 11) is 1.67. The van der Waals surface area contributed by atoms with Crippen molar-refractivity contribution in [2.24, 2.45) is 11.1 Å². The number of methoxy groups -OCH3 is 1. The second-order valence-electron chi connectivity index (χ2n) is 5.73. The molecule has 1 rings (SSSR count). The molecule has 0 aliphatic carbocycles. The van der Waals surface area contributed by atoms with Gasteiger partial charge in [-0.05, 0) is 31.1 Å². The summed E-state index contributed by atoms with van der Waals surface area (Å²) in [6.07, 6.45) is 3.71. The maximum absolute atomic E-state index is 12.1. The first-order valence-corrected chi connectivity index (χ1v) is 6.49. The Bertz CT molecular complexity index is 244. The lowest BCUT2D eigenvalue weighted by atomic mass is 9.82. The summed E-state index contributed by atoms with van der Waals surface area (Å²) in [4.78, 5) is 14.0. The average Bonchev–Trinajstić information content (AvgIpc) is 2.28. The van der Waals surface area contributed by atoms with E-state index in [1.807, 2.05) is 4.90 Å². The topological polar surface area (TPSA) is 55.6 Å². The van der Waals surface area contributed by atoms with E-state index in [1.54, 1.807) is 7.11 Å². The number of carbonyl (C=O) groups excluding carboxylic acids is 1. The lowest BCUT2D eigenvalue weighted by Crippen LogP contribution is -2.48. The molecule has 1 saturated heterocycles. The number of nitrogens with zero attached hydrogens (tertiary/aromatic N) is 1. The third-order valence-corrected chi connectivity index (χ3v) is 3.61. The second-order valence-corrected chi connectivity index (χ2v) is 5.73. The molecule has 1 amide bonds. The first-order chi connectivity index (χ1) is 7.96. The minimum Gasteiger partial charge on any atom is -0.385 e. The summed E-state index contributed by atoms with van der Waals surface area (Å²) in [6.45, 7) is 6.89. The molecule has 0 spiro atoms. The molecule has 1 atom stereocenters. The zero-order chi connectivity index (χ0) is 12.9. The highest BCUT2D eigenvalue weighted by molar-refractivity contribution is 5.81. The van der Waals surface area contributed by atoms with Gasteiger partial charge in [0.1, 0.15) is 0 Å². The van der Waals surface area contributed by atoms with Crippen molar-refractivity contribution >= 4 is 5.91 Å². The van der Waals surface area contributed by atoms with Gasteiger partial charge in [-0.1, -0.05) is 13.8 Å². The van der Waals surface area contributed by atoms with Crippen LogP contribution in [0.15, 0.2) is 0 Å². The van der Waals surface area contributed by atoms with Crippen molar-refractivity contribution in [1.29, 1.82) is 0 Å². The highest BCUT2D eigenvalue weighted by Crippen LogP contribution is 2.29. The molecule has 1 fully saturated rings. The minimum absolute atomic E-state index is 0.108. The fraction of sp³-hybridized carbons (Fsp3) is 0.923. The number of nitrogens with two attached hydrogens (primary N) is 1.